The molecule has 0 radical (unpaired) electrons. The Bertz CT molecular complexity index is 813. The molecule has 0 fully saturated rings. The normalized spacial score (nSPS) is 17.3. The molecule has 0 bridgehead atoms. The van der Waals surface area contributed by atoms with Gasteiger partial charge in [-0.1, -0.05) is 15.9 Å². The molecule has 0 amide bonds. The van der Waals surface area contributed by atoms with E-state index in [1.807, 2.05) is 6.07 Å². The van der Waals surface area contributed by atoms with Crippen molar-refractivity contribution < 1.29 is 23.0 Å². The minimum atomic E-state index is -3.04. The molecule has 25 heavy (non-hydrogen) atoms. The van der Waals surface area contributed by atoms with E-state index in [1.54, 1.807) is 26.0 Å². The number of hydrogen-bond acceptors (Lipinski definition) is 5. The van der Waals surface area contributed by atoms with Crippen molar-refractivity contribution in [1.82, 2.24) is 5.32 Å². The number of methoxy groups -OCH3 is 1. The first kappa shape index (κ1) is 18.9. The van der Waals surface area contributed by atoms with E-state index in [-0.39, 0.29) is 22.5 Å². The summed E-state index contributed by atoms with van der Waals surface area (Å²) in [6.07, 6.45) is 0. The third kappa shape index (κ3) is 3.82. The number of ether oxygens (including phenoxy) is 2. The molecule has 1 N–H and O–H groups in total. The van der Waals surface area contributed by atoms with Crippen molar-refractivity contribution in [2.24, 2.45) is 0 Å². The second-order valence-corrected chi connectivity index (χ2v) is 6.22. The highest BCUT2D eigenvalue weighted by molar-refractivity contribution is 9.10. The van der Waals surface area contributed by atoms with E-state index in [0.717, 1.165) is 0 Å². The van der Waals surface area contributed by atoms with Crippen LogP contribution in [0.25, 0.3) is 0 Å². The first-order chi connectivity index (χ1) is 11.8. The van der Waals surface area contributed by atoms with E-state index in [2.05, 4.69) is 26.0 Å². The van der Waals surface area contributed by atoms with Gasteiger partial charge in [-0.25, -0.2) is 4.79 Å². The molecule has 0 saturated carbocycles. The van der Waals surface area contributed by atoms with Gasteiger partial charge in [0, 0.05) is 21.4 Å². The predicted octanol–water partition coefficient (Wildman–Crippen LogP) is 3.98. The molecule has 1 aliphatic heterocycles. The van der Waals surface area contributed by atoms with Crippen molar-refractivity contribution in [1.29, 1.82) is 5.26 Å². The lowest BCUT2D eigenvalue weighted by molar-refractivity contribution is -0.136. The molecule has 132 valence electrons. The van der Waals surface area contributed by atoms with E-state index < -0.39 is 18.5 Å². The van der Waals surface area contributed by atoms with Crippen LogP contribution in [0.2, 0.25) is 0 Å². The number of carbonyl (C=O) groups excluding carboxylic acids is 1. The highest BCUT2D eigenvalue weighted by Gasteiger charge is 2.36. The van der Waals surface area contributed by atoms with Gasteiger partial charge in [-0.05, 0) is 32.0 Å². The van der Waals surface area contributed by atoms with Gasteiger partial charge >= 0.3 is 12.6 Å². The van der Waals surface area contributed by atoms with E-state index in [0.29, 0.717) is 15.9 Å². The summed E-state index contributed by atoms with van der Waals surface area (Å²) in [4.78, 5) is 12.3. The van der Waals surface area contributed by atoms with Gasteiger partial charge in [0.15, 0.2) is 0 Å². The molecule has 1 aliphatic rings. The Balaban J connectivity index is 2.74. The number of carbonyl (C=O) groups is 1. The number of hydrogen-bond donors (Lipinski definition) is 1. The van der Waals surface area contributed by atoms with Gasteiger partial charge in [0.05, 0.1) is 30.2 Å². The third-order valence-corrected chi connectivity index (χ3v) is 4.28. The SMILES string of the molecule is COC(=O)C1=C(C)NC(C)=C(C#N)[C@@H]1c1cc(Br)ccc1OC(F)F. The summed E-state index contributed by atoms with van der Waals surface area (Å²) >= 11 is 3.29. The Morgan fingerprint density at radius 2 is 2.04 bits per heavy atom. The van der Waals surface area contributed by atoms with Crippen LogP contribution >= 0.6 is 15.9 Å². The van der Waals surface area contributed by atoms with Gasteiger partial charge < -0.3 is 14.8 Å². The highest BCUT2D eigenvalue weighted by Crippen LogP contribution is 2.43. The maximum Gasteiger partial charge on any atom is 0.387 e. The molecule has 0 aliphatic carbocycles. The smallest absolute Gasteiger partial charge is 0.387 e. The van der Waals surface area contributed by atoms with E-state index >= 15 is 0 Å². The van der Waals surface area contributed by atoms with Crippen molar-refractivity contribution in [2.45, 2.75) is 26.4 Å². The van der Waals surface area contributed by atoms with Gasteiger partial charge in [-0.15, -0.1) is 0 Å². The summed E-state index contributed by atoms with van der Waals surface area (Å²) < 4.78 is 35.6. The van der Waals surface area contributed by atoms with Crippen molar-refractivity contribution >= 4 is 21.9 Å². The molecule has 8 heteroatoms. The Kier molecular flexibility index (Phi) is 5.80. The standard InChI is InChI=1S/C17H15BrF2N2O3/c1-8-12(7-21)15(14(9(2)22-8)16(23)24-3)11-6-10(18)4-5-13(11)25-17(19)20/h4-6,15,17,22H,1-3H3/t15-/m0/s1. The lowest BCUT2D eigenvalue weighted by Crippen LogP contribution is -2.28. The Labute approximate surface area is 152 Å². The minimum Gasteiger partial charge on any atom is -0.466 e. The van der Waals surface area contributed by atoms with Crippen LogP contribution in [0.15, 0.2) is 45.2 Å². The van der Waals surface area contributed by atoms with Crippen LogP contribution in [0.1, 0.15) is 25.3 Å². The minimum absolute atomic E-state index is 0.111. The molecular weight excluding hydrogens is 398 g/mol. The van der Waals surface area contributed by atoms with Crippen LogP contribution in [0, 0.1) is 11.3 Å². The highest BCUT2D eigenvalue weighted by atomic mass is 79.9. The number of alkyl halides is 2. The maximum absolute atomic E-state index is 12.8. The van der Waals surface area contributed by atoms with E-state index in [1.165, 1.54) is 13.2 Å². The molecule has 5 nitrogen and oxygen atoms in total. The quantitative estimate of drug-likeness (QED) is 0.757. The zero-order valence-corrected chi connectivity index (χ0v) is 15.3. The number of nitrogens with zero attached hydrogens (tertiary/aromatic N) is 1. The molecular formula is C17H15BrF2N2O3. The summed E-state index contributed by atoms with van der Waals surface area (Å²) in [5.74, 6) is -1.65. The van der Waals surface area contributed by atoms with Crippen LogP contribution in [0.3, 0.4) is 0 Å². The van der Waals surface area contributed by atoms with Gasteiger partial charge in [0.2, 0.25) is 0 Å². The zero-order chi connectivity index (χ0) is 18.7. The fraction of sp³-hybridized carbons (Fsp3) is 0.294. The molecule has 2 rings (SSSR count). The predicted molar refractivity (Wildman–Crippen MR) is 89.7 cm³/mol. The molecule has 0 aromatic heterocycles. The summed E-state index contributed by atoms with van der Waals surface area (Å²) in [6.45, 7) is 0.293. The molecule has 0 spiro atoms. The largest absolute Gasteiger partial charge is 0.466 e. The van der Waals surface area contributed by atoms with Crippen LogP contribution in [-0.2, 0) is 9.53 Å². The van der Waals surface area contributed by atoms with Gasteiger partial charge in [-0.2, -0.15) is 14.0 Å². The average Bonchev–Trinajstić information content (AvgIpc) is 2.54. The molecule has 1 aromatic rings. The summed E-state index contributed by atoms with van der Waals surface area (Å²) in [7, 11) is 1.22. The number of nitriles is 1. The lowest BCUT2D eigenvalue weighted by atomic mass is 9.80. The summed E-state index contributed by atoms with van der Waals surface area (Å²) in [5, 5.41) is 12.5. The first-order valence-corrected chi connectivity index (χ1v) is 8.00. The third-order valence-electron chi connectivity index (χ3n) is 3.79. The average molecular weight is 413 g/mol. The lowest BCUT2D eigenvalue weighted by Gasteiger charge is -2.29. The number of dihydropyridines is 1. The van der Waals surface area contributed by atoms with Crippen molar-refractivity contribution in [3.63, 3.8) is 0 Å². The van der Waals surface area contributed by atoms with Crippen LogP contribution in [0.5, 0.6) is 5.75 Å². The zero-order valence-electron chi connectivity index (χ0n) is 13.7. The second kappa shape index (κ2) is 7.66. The molecule has 0 saturated heterocycles. The second-order valence-electron chi connectivity index (χ2n) is 5.30. The van der Waals surface area contributed by atoms with Crippen molar-refractivity contribution in [3.05, 3.63) is 50.8 Å². The number of halogens is 3. The number of rotatable bonds is 4. The fourth-order valence-electron chi connectivity index (χ4n) is 2.78. The Hall–Kier alpha value is -2.40. The topological polar surface area (TPSA) is 71.3 Å². The fourth-order valence-corrected chi connectivity index (χ4v) is 3.16. The Morgan fingerprint density at radius 1 is 1.36 bits per heavy atom. The van der Waals surface area contributed by atoms with E-state index in [9.17, 15) is 18.8 Å². The Morgan fingerprint density at radius 3 is 2.60 bits per heavy atom. The molecule has 1 aromatic carbocycles. The van der Waals surface area contributed by atoms with E-state index in [4.69, 9.17) is 4.74 Å². The van der Waals surface area contributed by atoms with Crippen LogP contribution < -0.4 is 10.1 Å². The van der Waals surface area contributed by atoms with Crippen LogP contribution in [0.4, 0.5) is 8.78 Å². The number of benzene rings is 1. The molecule has 1 atom stereocenters. The van der Waals surface area contributed by atoms with Crippen molar-refractivity contribution in [2.75, 3.05) is 7.11 Å². The van der Waals surface area contributed by atoms with Gasteiger partial charge in [0.1, 0.15) is 5.75 Å². The summed E-state index contributed by atoms with van der Waals surface area (Å²) in [6, 6.07) is 6.50. The maximum atomic E-state index is 12.8. The van der Waals surface area contributed by atoms with Crippen LogP contribution in [-0.4, -0.2) is 19.7 Å². The summed E-state index contributed by atoms with van der Waals surface area (Å²) in [5.41, 5.74) is 1.67. The number of allylic oxidation sites excluding steroid dienone is 3. The molecule has 1 heterocycles. The number of nitrogens with one attached hydrogen (secondary N) is 1. The van der Waals surface area contributed by atoms with Crippen molar-refractivity contribution in [3.8, 4) is 11.8 Å². The molecule has 0 unspecified atom stereocenters. The number of esters is 1. The monoisotopic (exact) mass is 412 g/mol. The van der Waals surface area contributed by atoms with Gasteiger partial charge in [0.25, 0.3) is 0 Å². The van der Waals surface area contributed by atoms with Gasteiger partial charge in [-0.3, -0.25) is 0 Å². The first-order valence-electron chi connectivity index (χ1n) is 7.21.